The van der Waals surface area contributed by atoms with E-state index >= 15 is 0 Å². The lowest BCUT2D eigenvalue weighted by Crippen LogP contribution is -2.06. The lowest BCUT2D eigenvalue weighted by atomic mass is 10.6. The summed E-state index contributed by atoms with van der Waals surface area (Å²) in [7, 11) is 1.16. The molecule has 0 radical (unpaired) electrons. The van der Waals surface area contributed by atoms with Gasteiger partial charge in [0.15, 0.2) is 5.82 Å². The van der Waals surface area contributed by atoms with Gasteiger partial charge >= 0.3 is 6.16 Å². The maximum Gasteiger partial charge on any atom is 0.514 e. The van der Waals surface area contributed by atoms with Crippen molar-refractivity contribution in [1.29, 1.82) is 0 Å². The van der Waals surface area contributed by atoms with Crippen molar-refractivity contribution in [3.63, 3.8) is 0 Å². The fourth-order valence-corrected chi connectivity index (χ4v) is 1.08. The SMILES string of the molecule is COC(=O)Oc1sccc1F. The Kier molecular flexibility index (Phi) is 2.43. The maximum absolute atomic E-state index is 12.5. The van der Waals surface area contributed by atoms with E-state index in [0.717, 1.165) is 18.4 Å². The van der Waals surface area contributed by atoms with E-state index in [1.165, 1.54) is 11.4 Å². The van der Waals surface area contributed by atoms with Gasteiger partial charge in [-0.15, -0.1) is 11.3 Å². The number of ether oxygens (including phenoxy) is 2. The molecule has 0 aromatic carbocycles. The molecular weight excluding hydrogens is 171 g/mol. The minimum Gasteiger partial charge on any atom is -0.437 e. The molecule has 0 aliphatic heterocycles. The van der Waals surface area contributed by atoms with E-state index in [4.69, 9.17) is 0 Å². The van der Waals surface area contributed by atoms with Crippen LogP contribution in [0.5, 0.6) is 5.06 Å². The van der Waals surface area contributed by atoms with Crippen molar-refractivity contribution in [1.82, 2.24) is 0 Å². The van der Waals surface area contributed by atoms with Crippen LogP contribution < -0.4 is 4.74 Å². The second-order valence-electron chi connectivity index (χ2n) is 1.61. The standard InChI is InChI=1S/C6H5FO3S/c1-9-6(8)10-5-4(7)2-3-11-5/h2-3H,1H3. The summed E-state index contributed by atoms with van der Waals surface area (Å²) in [5.74, 6) is -0.555. The molecule has 0 aliphatic rings. The van der Waals surface area contributed by atoms with E-state index in [9.17, 15) is 9.18 Å². The van der Waals surface area contributed by atoms with Crippen molar-refractivity contribution >= 4 is 17.5 Å². The summed E-state index contributed by atoms with van der Waals surface area (Å²) in [6.45, 7) is 0. The van der Waals surface area contributed by atoms with Crippen LogP contribution in [0.25, 0.3) is 0 Å². The van der Waals surface area contributed by atoms with Crippen LogP contribution in [0.3, 0.4) is 0 Å². The summed E-state index contributed by atoms with van der Waals surface area (Å²) in [5.41, 5.74) is 0. The molecular formula is C6H5FO3S. The molecule has 1 rings (SSSR count). The van der Waals surface area contributed by atoms with Gasteiger partial charge < -0.3 is 9.47 Å². The largest absolute Gasteiger partial charge is 0.514 e. The summed E-state index contributed by atoms with van der Waals surface area (Å²) in [6, 6.07) is 1.21. The third-order valence-corrected chi connectivity index (χ3v) is 1.69. The van der Waals surface area contributed by atoms with Crippen molar-refractivity contribution in [2.24, 2.45) is 0 Å². The van der Waals surface area contributed by atoms with E-state index < -0.39 is 12.0 Å². The van der Waals surface area contributed by atoms with Gasteiger partial charge in [0.1, 0.15) is 0 Å². The molecule has 0 saturated carbocycles. The Hall–Kier alpha value is -1.10. The number of methoxy groups -OCH3 is 1. The predicted molar refractivity (Wildman–Crippen MR) is 37.3 cm³/mol. The zero-order chi connectivity index (χ0) is 8.27. The van der Waals surface area contributed by atoms with Gasteiger partial charge in [0, 0.05) is 0 Å². The Balaban J connectivity index is 2.64. The average Bonchev–Trinajstić information content (AvgIpc) is 2.37. The summed E-state index contributed by atoms with van der Waals surface area (Å²) in [6.07, 6.45) is -0.911. The number of carbonyl (C=O) groups excluding carboxylic acids is 1. The Labute approximate surface area is 66.4 Å². The summed E-state index contributed by atoms with van der Waals surface area (Å²) in [5, 5.41) is 1.41. The van der Waals surface area contributed by atoms with Crippen molar-refractivity contribution in [3.8, 4) is 5.06 Å². The first-order chi connectivity index (χ1) is 5.24. The van der Waals surface area contributed by atoms with Crippen molar-refractivity contribution in [2.45, 2.75) is 0 Å². The van der Waals surface area contributed by atoms with Crippen molar-refractivity contribution < 1.29 is 18.7 Å². The number of carbonyl (C=O) groups is 1. The molecule has 0 atom stereocenters. The van der Waals surface area contributed by atoms with Gasteiger partial charge in [0.2, 0.25) is 5.06 Å². The smallest absolute Gasteiger partial charge is 0.437 e. The van der Waals surface area contributed by atoms with Crippen molar-refractivity contribution in [2.75, 3.05) is 7.11 Å². The van der Waals surface area contributed by atoms with E-state index in [1.54, 1.807) is 0 Å². The fraction of sp³-hybridized carbons (Fsp3) is 0.167. The normalized spacial score (nSPS) is 9.27. The van der Waals surface area contributed by atoms with E-state index in [0.29, 0.717) is 0 Å². The first-order valence-electron chi connectivity index (χ1n) is 2.73. The lowest BCUT2D eigenvalue weighted by molar-refractivity contribution is 0.121. The molecule has 0 amide bonds. The minimum atomic E-state index is -0.911. The number of hydrogen-bond acceptors (Lipinski definition) is 4. The summed E-state index contributed by atoms with van der Waals surface area (Å²) >= 11 is 0.995. The molecule has 1 aromatic rings. The van der Waals surface area contributed by atoms with Crippen LogP contribution in [0.2, 0.25) is 0 Å². The van der Waals surface area contributed by atoms with Gasteiger partial charge in [-0.1, -0.05) is 0 Å². The number of rotatable bonds is 1. The van der Waals surface area contributed by atoms with Crippen LogP contribution in [0.1, 0.15) is 0 Å². The average molecular weight is 176 g/mol. The molecule has 0 N–H and O–H groups in total. The van der Waals surface area contributed by atoms with Crippen LogP contribution in [-0.4, -0.2) is 13.3 Å². The first-order valence-corrected chi connectivity index (χ1v) is 3.61. The third-order valence-electron chi connectivity index (χ3n) is 0.927. The van der Waals surface area contributed by atoms with Gasteiger partial charge in [0.25, 0.3) is 0 Å². The fourth-order valence-electron chi connectivity index (χ4n) is 0.470. The third kappa shape index (κ3) is 1.91. The predicted octanol–water partition coefficient (Wildman–Crippen LogP) is 2.03. The van der Waals surface area contributed by atoms with Gasteiger partial charge in [-0.2, -0.15) is 0 Å². The van der Waals surface area contributed by atoms with E-state index in [1.807, 2.05) is 0 Å². The molecule has 0 bridgehead atoms. The van der Waals surface area contributed by atoms with Crippen LogP contribution >= 0.6 is 11.3 Å². The van der Waals surface area contributed by atoms with Crippen LogP contribution in [-0.2, 0) is 4.74 Å². The minimum absolute atomic E-state index is 0.0724. The molecule has 5 heteroatoms. The highest BCUT2D eigenvalue weighted by atomic mass is 32.1. The zero-order valence-electron chi connectivity index (χ0n) is 5.67. The highest BCUT2D eigenvalue weighted by Gasteiger charge is 2.09. The molecule has 0 unspecified atom stereocenters. The molecule has 3 nitrogen and oxygen atoms in total. The topological polar surface area (TPSA) is 35.5 Å². The van der Waals surface area contributed by atoms with Gasteiger partial charge in [0.05, 0.1) is 7.11 Å². The molecule has 11 heavy (non-hydrogen) atoms. The first kappa shape index (κ1) is 8.00. The van der Waals surface area contributed by atoms with Gasteiger partial charge in [-0.3, -0.25) is 0 Å². The zero-order valence-corrected chi connectivity index (χ0v) is 6.48. The lowest BCUT2D eigenvalue weighted by Gasteiger charge is -1.97. The van der Waals surface area contributed by atoms with Gasteiger partial charge in [-0.05, 0) is 11.4 Å². The second kappa shape index (κ2) is 3.34. The Morgan fingerprint density at radius 3 is 2.91 bits per heavy atom. The second-order valence-corrected chi connectivity index (χ2v) is 2.49. The summed E-state index contributed by atoms with van der Waals surface area (Å²) < 4.78 is 21.1. The Morgan fingerprint density at radius 2 is 2.45 bits per heavy atom. The number of hydrogen-bond donors (Lipinski definition) is 0. The van der Waals surface area contributed by atoms with Crippen LogP contribution in [0.15, 0.2) is 11.4 Å². The number of thiophene rings is 1. The molecule has 0 spiro atoms. The highest BCUT2D eigenvalue weighted by molar-refractivity contribution is 7.11. The molecule has 0 aliphatic carbocycles. The Bertz CT molecular complexity index is 258. The maximum atomic E-state index is 12.5. The molecule has 0 saturated heterocycles. The van der Waals surface area contributed by atoms with Crippen LogP contribution in [0.4, 0.5) is 9.18 Å². The molecule has 60 valence electrons. The van der Waals surface area contributed by atoms with Gasteiger partial charge in [-0.25, -0.2) is 9.18 Å². The van der Waals surface area contributed by atoms with E-state index in [-0.39, 0.29) is 5.06 Å². The monoisotopic (exact) mass is 176 g/mol. The molecule has 1 heterocycles. The van der Waals surface area contributed by atoms with E-state index in [2.05, 4.69) is 9.47 Å². The quantitative estimate of drug-likeness (QED) is 0.614. The summed E-state index contributed by atoms with van der Waals surface area (Å²) in [4.78, 5) is 10.4. The highest BCUT2D eigenvalue weighted by Crippen LogP contribution is 2.23. The molecule has 0 fully saturated rings. The Morgan fingerprint density at radius 1 is 1.73 bits per heavy atom. The van der Waals surface area contributed by atoms with Crippen LogP contribution in [0, 0.1) is 5.82 Å². The van der Waals surface area contributed by atoms with Crippen molar-refractivity contribution in [3.05, 3.63) is 17.3 Å². The molecule has 1 aromatic heterocycles. The number of halogens is 1.